The Hall–Kier alpha value is 2.66. The fourth-order valence-electron chi connectivity index (χ4n) is 0. The summed E-state index contributed by atoms with van der Waals surface area (Å²) in [5.74, 6) is 0. The van der Waals surface area contributed by atoms with Gasteiger partial charge in [0.1, 0.15) is 0 Å². The smallest absolute Gasteiger partial charge is 0 e. The third-order valence-corrected chi connectivity index (χ3v) is 0. The normalized spacial score (nSPS) is 0. The molecule has 25 valence electrons. The Kier molecular flexibility index (Phi) is 131. The van der Waals surface area contributed by atoms with E-state index in [4.69, 9.17) is 0 Å². The van der Waals surface area contributed by atoms with Crippen LogP contribution in [-0.4, -0.2) is 17.4 Å². The van der Waals surface area contributed by atoms with Crippen molar-refractivity contribution < 1.29 is 66.6 Å². The zero-order chi connectivity index (χ0) is 0. The third-order valence-electron chi connectivity index (χ3n) is 0. The molecule has 0 amide bonds. The summed E-state index contributed by atoms with van der Waals surface area (Å²) in [6.45, 7) is 0. The summed E-state index contributed by atoms with van der Waals surface area (Å²) < 4.78 is 0. The average molecular weight is 230 g/mol. The Morgan fingerprint density at radius 3 is 1.00 bits per heavy atom. The maximum atomic E-state index is 0. The van der Waals surface area contributed by atoms with Crippen LogP contribution in [-0.2, 0) is 66.6 Å². The molecular formula is H3AlCrNiY. The minimum Gasteiger partial charge on any atom is 0 e. The molecule has 0 aromatic heterocycles. The second kappa shape index (κ2) is 17.4. The summed E-state index contributed by atoms with van der Waals surface area (Å²) in [6.07, 6.45) is 0. The third kappa shape index (κ3) is 8.82. The van der Waals surface area contributed by atoms with Crippen molar-refractivity contribution >= 4 is 17.4 Å². The van der Waals surface area contributed by atoms with Gasteiger partial charge in [-0.15, -0.1) is 0 Å². The molecule has 4 heavy (non-hydrogen) atoms. The minimum atomic E-state index is 0. The van der Waals surface area contributed by atoms with E-state index in [1.54, 1.807) is 0 Å². The van der Waals surface area contributed by atoms with Crippen LogP contribution in [0.3, 0.4) is 0 Å². The summed E-state index contributed by atoms with van der Waals surface area (Å²) in [7, 11) is 0. The van der Waals surface area contributed by atoms with Crippen LogP contribution in [0.5, 0.6) is 0 Å². The molecule has 1 radical (unpaired) electrons. The molecular weight excluding hydrogens is 227 g/mol. The zero-order valence-corrected chi connectivity index (χ0v) is 6.40. The van der Waals surface area contributed by atoms with Gasteiger partial charge in [0.15, 0.2) is 17.4 Å². The van der Waals surface area contributed by atoms with E-state index in [0.29, 0.717) is 0 Å². The molecule has 0 atom stereocenters. The van der Waals surface area contributed by atoms with Crippen LogP contribution >= 0.6 is 0 Å². The van der Waals surface area contributed by atoms with Crippen molar-refractivity contribution in [1.29, 1.82) is 0 Å². The van der Waals surface area contributed by atoms with Gasteiger partial charge in [-0.3, -0.25) is 0 Å². The molecule has 0 spiro atoms. The molecule has 0 aliphatic carbocycles. The fraction of sp³-hybridized carbons (Fsp3) is 0. The SMILES string of the molecule is [AlH3].[Cr].[Ni].[Y]. The van der Waals surface area contributed by atoms with Crippen LogP contribution in [0.15, 0.2) is 0 Å². The van der Waals surface area contributed by atoms with Crippen molar-refractivity contribution in [2.24, 2.45) is 0 Å². The monoisotopic (exact) mass is 229 g/mol. The first-order valence-electron chi connectivity index (χ1n) is 0. The van der Waals surface area contributed by atoms with Crippen LogP contribution in [0.25, 0.3) is 0 Å². The van der Waals surface area contributed by atoms with Crippen LogP contribution in [0, 0.1) is 0 Å². The first-order valence-corrected chi connectivity index (χ1v) is 0. The molecule has 0 saturated heterocycles. The van der Waals surface area contributed by atoms with Gasteiger partial charge in [0.25, 0.3) is 0 Å². The van der Waals surface area contributed by atoms with Crippen molar-refractivity contribution in [3.05, 3.63) is 0 Å². The van der Waals surface area contributed by atoms with Crippen molar-refractivity contribution in [2.45, 2.75) is 0 Å². The standard InChI is InChI=1S/Al.Cr.Ni.Y.3H. The maximum Gasteiger partial charge on any atom is 0.187 e. The van der Waals surface area contributed by atoms with E-state index in [-0.39, 0.29) is 83.9 Å². The van der Waals surface area contributed by atoms with Crippen LogP contribution in [0.1, 0.15) is 0 Å². The summed E-state index contributed by atoms with van der Waals surface area (Å²) in [4.78, 5) is 0. The van der Waals surface area contributed by atoms with Gasteiger partial charge in [0.05, 0.1) is 0 Å². The predicted octanol–water partition coefficient (Wildman–Crippen LogP) is -1.19. The average Bonchev–Trinajstić information content (AvgIpc) is 0. The molecule has 0 aliphatic heterocycles. The predicted molar refractivity (Wildman–Crippen MR) is 9.94 cm³/mol. The summed E-state index contributed by atoms with van der Waals surface area (Å²) in [5.41, 5.74) is 0. The second-order valence-corrected chi connectivity index (χ2v) is 0. The van der Waals surface area contributed by atoms with Crippen LogP contribution < -0.4 is 0 Å². The van der Waals surface area contributed by atoms with Gasteiger partial charge in [-0.05, 0) is 0 Å². The Labute approximate surface area is 82.5 Å². The van der Waals surface area contributed by atoms with E-state index in [2.05, 4.69) is 0 Å². The van der Waals surface area contributed by atoms with E-state index in [0.717, 1.165) is 0 Å². The molecule has 4 heteroatoms. The molecule has 0 unspecified atom stereocenters. The molecule has 0 rings (SSSR count). The summed E-state index contributed by atoms with van der Waals surface area (Å²) >= 11 is 0. The molecule has 0 aromatic rings. The Balaban J connectivity index is 0. The molecule has 0 nitrogen and oxygen atoms in total. The second-order valence-electron chi connectivity index (χ2n) is 0. The summed E-state index contributed by atoms with van der Waals surface area (Å²) in [6, 6.07) is 0. The minimum absolute atomic E-state index is 0. The van der Waals surface area contributed by atoms with Crippen molar-refractivity contribution in [3.8, 4) is 0 Å². The number of rotatable bonds is 0. The van der Waals surface area contributed by atoms with Crippen molar-refractivity contribution in [1.82, 2.24) is 0 Å². The summed E-state index contributed by atoms with van der Waals surface area (Å²) in [5, 5.41) is 0. The van der Waals surface area contributed by atoms with Gasteiger partial charge in [-0.25, -0.2) is 0 Å². The van der Waals surface area contributed by atoms with Gasteiger partial charge < -0.3 is 0 Å². The zero-order valence-electron chi connectivity index (χ0n) is 1.30. The van der Waals surface area contributed by atoms with Gasteiger partial charge in [-0.2, -0.15) is 0 Å². The topological polar surface area (TPSA) is 0 Å². The van der Waals surface area contributed by atoms with E-state index in [1.165, 1.54) is 0 Å². The number of hydrogen-bond donors (Lipinski definition) is 0. The number of hydrogen-bond acceptors (Lipinski definition) is 0. The van der Waals surface area contributed by atoms with Gasteiger partial charge >= 0.3 is 0 Å². The molecule has 0 saturated carbocycles. The largest absolute Gasteiger partial charge is 0.187 e. The van der Waals surface area contributed by atoms with E-state index >= 15 is 0 Å². The first-order chi connectivity index (χ1) is 0. The van der Waals surface area contributed by atoms with Gasteiger partial charge in [0, 0.05) is 66.6 Å². The van der Waals surface area contributed by atoms with Crippen molar-refractivity contribution in [3.63, 3.8) is 0 Å². The molecule has 0 heterocycles. The van der Waals surface area contributed by atoms with E-state index in [9.17, 15) is 0 Å². The maximum absolute atomic E-state index is 0. The molecule has 0 fully saturated rings. The molecule has 0 aliphatic rings. The molecule has 0 aromatic carbocycles. The van der Waals surface area contributed by atoms with Gasteiger partial charge in [-0.1, -0.05) is 0 Å². The van der Waals surface area contributed by atoms with E-state index in [1.807, 2.05) is 0 Å². The Bertz CT molecular complexity index is 8.00. The quantitative estimate of drug-likeness (QED) is 0.458. The van der Waals surface area contributed by atoms with Crippen molar-refractivity contribution in [2.75, 3.05) is 0 Å². The Morgan fingerprint density at radius 2 is 1.00 bits per heavy atom. The fourth-order valence-corrected chi connectivity index (χ4v) is 0. The van der Waals surface area contributed by atoms with Gasteiger partial charge in [0.2, 0.25) is 0 Å². The van der Waals surface area contributed by atoms with Crippen LogP contribution in [0.4, 0.5) is 0 Å². The van der Waals surface area contributed by atoms with Crippen LogP contribution in [0.2, 0.25) is 0 Å². The molecule has 0 N–H and O–H groups in total. The first kappa shape index (κ1) is 30.1. The van der Waals surface area contributed by atoms with E-state index < -0.39 is 0 Å². The Morgan fingerprint density at radius 1 is 1.00 bits per heavy atom. The molecule has 0 bridgehead atoms.